The molecule has 0 aliphatic carbocycles. The number of benzene rings is 2. The van der Waals surface area contributed by atoms with Gasteiger partial charge in [0.05, 0.1) is 24.2 Å². The van der Waals surface area contributed by atoms with E-state index in [9.17, 15) is 4.79 Å². The van der Waals surface area contributed by atoms with Crippen molar-refractivity contribution in [3.8, 4) is 22.1 Å². The van der Waals surface area contributed by atoms with Crippen molar-refractivity contribution in [1.82, 2.24) is 14.8 Å². The molecule has 0 fully saturated rings. The van der Waals surface area contributed by atoms with Crippen LogP contribution in [0.2, 0.25) is 5.02 Å². The minimum atomic E-state index is -0.313. The summed E-state index contributed by atoms with van der Waals surface area (Å²) in [6, 6.07) is 12.9. The minimum Gasteiger partial charge on any atom is -0.497 e. The highest BCUT2D eigenvalue weighted by Gasteiger charge is 2.15. The van der Waals surface area contributed by atoms with Gasteiger partial charge in [-0.15, -0.1) is 21.6 Å². The Balaban J connectivity index is 1.65. The standard InChI is InChI=1S/C21H18ClN5O2S/c1-12-4-7-15(22)10-17(12)24-25-19-13(2)26-27(20(19)28)21-23-18(11-30-21)14-5-8-16(29-3)9-6-14/h4-11,26H,1-3H3. The van der Waals surface area contributed by atoms with E-state index in [1.165, 1.54) is 16.0 Å². The van der Waals surface area contributed by atoms with Crippen molar-refractivity contribution in [3.63, 3.8) is 0 Å². The van der Waals surface area contributed by atoms with Gasteiger partial charge in [-0.05, 0) is 55.8 Å². The van der Waals surface area contributed by atoms with Crippen LogP contribution in [-0.2, 0) is 0 Å². The molecule has 152 valence electrons. The van der Waals surface area contributed by atoms with Gasteiger partial charge >= 0.3 is 5.56 Å². The fourth-order valence-corrected chi connectivity index (χ4v) is 3.80. The summed E-state index contributed by atoms with van der Waals surface area (Å²) in [4.78, 5) is 17.5. The molecule has 0 radical (unpaired) electrons. The Bertz CT molecular complexity index is 1290. The molecule has 0 aliphatic rings. The molecular formula is C21H18ClN5O2S. The number of halogens is 1. The lowest BCUT2D eigenvalue weighted by atomic mass is 10.2. The largest absolute Gasteiger partial charge is 0.497 e. The van der Waals surface area contributed by atoms with Crippen LogP contribution in [-0.4, -0.2) is 21.9 Å². The molecule has 0 unspecified atom stereocenters. The summed E-state index contributed by atoms with van der Waals surface area (Å²) in [5, 5.41) is 14.4. The molecule has 2 aromatic carbocycles. The second-order valence-corrected chi connectivity index (χ2v) is 7.87. The predicted molar refractivity (Wildman–Crippen MR) is 119 cm³/mol. The van der Waals surface area contributed by atoms with Crippen molar-refractivity contribution in [2.24, 2.45) is 10.2 Å². The molecule has 0 bridgehead atoms. The van der Waals surface area contributed by atoms with Crippen molar-refractivity contribution < 1.29 is 4.74 Å². The van der Waals surface area contributed by atoms with Gasteiger partial charge in [0.25, 0.3) is 0 Å². The van der Waals surface area contributed by atoms with E-state index in [4.69, 9.17) is 16.3 Å². The topological polar surface area (TPSA) is 84.6 Å². The second kappa shape index (κ2) is 8.25. The van der Waals surface area contributed by atoms with E-state index in [1.54, 1.807) is 26.2 Å². The first kappa shape index (κ1) is 20.1. The molecule has 30 heavy (non-hydrogen) atoms. The van der Waals surface area contributed by atoms with Crippen LogP contribution in [0, 0.1) is 13.8 Å². The number of aromatic amines is 1. The third-order valence-electron chi connectivity index (χ3n) is 4.54. The zero-order valence-corrected chi connectivity index (χ0v) is 18.1. The monoisotopic (exact) mass is 439 g/mol. The van der Waals surface area contributed by atoms with Gasteiger partial charge in [-0.2, -0.15) is 4.68 Å². The van der Waals surface area contributed by atoms with Crippen molar-refractivity contribution in [1.29, 1.82) is 0 Å². The van der Waals surface area contributed by atoms with E-state index >= 15 is 0 Å². The molecular weight excluding hydrogens is 422 g/mol. The predicted octanol–water partition coefficient (Wildman–Crippen LogP) is 5.98. The van der Waals surface area contributed by atoms with E-state index in [1.807, 2.05) is 42.6 Å². The number of aryl methyl sites for hydroxylation is 2. The first-order valence-electron chi connectivity index (χ1n) is 9.06. The molecule has 4 aromatic rings. The number of hydrogen-bond donors (Lipinski definition) is 1. The Morgan fingerprint density at radius 1 is 1.13 bits per heavy atom. The van der Waals surface area contributed by atoms with Crippen LogP contribution in [0.1, 0.15) is 11.3 Å². The van der Waals surface area contributed by atoms with Crippen LogP contribution in [0.25, 0.3) is 16.4 Å². The molecule has 0 saturated carbocycles. The molecule has 0 spiro atoms. The third kappa shape index (κ3) is 3.92. The summed E-state index contributed by atoms with van der Waals surface area (Å²) in [5.41, 5.74) is 3.76. The van der Waals surface area contributed by atoms with Gasteiger partial charge in [0.2, 0.25) is 5.13 Å². The van der Waals surface area contributed by atoms with Gasteiger partial charge in [-0.1, -0.05) is 17.7 Å². The fraction of sp³-hybridized carbons (Fsp3) is 0.143. The van der Waals surface area contributed by atoms with E-state index in [2.05, 4.69) is 20.3 Å². The molecule has 2 heterocycles. The Hall–Kier alpha value is -3.23. The quantitative estimate of drug-likeness (QED) is 0.388. The fourth-order valence-electron chi connectivity index (χ4n) is 2.85. The lowest BCUT2D eigenvalue weighted by Crippen LogP contribution is -2.13. The van der Waals surface area contributed by atoms with Crippen LogP contribution < -0.4 is 10.3 Å². The van der Waals surface area contributed by atoms with Crippen LogP contribution in [0.5, 0.6) is 5.75 Å². The molecule has 2 aromatic heterocycles. The Kier molecular flexibility index (Phi) is 5.52. The average Bonchev–Trinajstić information content (AvgIpc) is 3.34. The van der Waals surface area contributed by atoms with Crippen LogP contribution >= 0.6 is 22.9 Å². The Morgan fingerprint density at radius 3 is 2.63 bits per heavy atom. The van der Waals surface area contributed by atoms with Crippen molar-refractivity contribution in [2.75, 3.05) is 7.11 Å². The second-order valence-electron chi connectivity index (χ2n) is 6.60. The zero-order valence-electron chi connectivity index (χ0n) is 16.5. The zero-order chi connectivity index (χ0) is 21.3. The summed E-state index contributed by atoms with van der Waals surface area (Å²) in [6.45, 7) is 3.68. The summed E-state index contributed by atoms with van der Waals surface area (Å²) in [7, 11) is 1.62. The first-order valence-corrected chi connectivity index (χ1v) is 10.3. The van der Waals surface area contributed by atoms with Gasteiger partial charge in [-0.25, -0.2) is 4.98 Å². The molecule has 1 N–H and O–H groups in total. The summed E-state index contributed by atoms with van der Waals surface area (Å²) >= 11 is 7.39. The highest BCUT2D eigenvalue weighted by atomic mass is 35.5. The minimum absolute atomic E-state index is 0.232. The highest BCUT2D eigenvalue weighted by Crippen LogP contribution is 2.27. The van der Waals surface area contributed by atoms with E-state index in [0.29, 0.717) is 21.5 Å². The van der Waals surface area contributed by atoms with Gasteiger partial charge in [0.1, 0.15) is 5.75 Å². The summed E-state index contributed by atoms with van der Waals surface area (Å²) in [5.74, 6) is 0.773. The van der Waals surface area contributed by atoms with Crippen LogP contribution in [0.3, 0.4) is 0 Å². The maximum absolute atomic E-state index is 12.9. The number of H-pyrrole nitrogens is 1. The maximum Gasteiger partial charge on any atom is 0.301 e. The number of nitrogens with zero attached hydrogens (tertiary/aromatic N) is 4. The number of thiazole rings is 1. The van der Waals surface area contributed by atoms with Crippen LogP contribution in [0.4, 0.5) is 11.4 Å². The number of nitrogens with one attached hydrogen (secondary N) is 1. The molecule has 4 rings (SSSR count). The highest BCUT2D eigenvalue weighted by molar-refractivity contribution is 7.12. The summed E-state index contributed by atoms with van der Waals surface area (Å²) < 4.78 is 6.57. The normalized spacial score (nSPS) is 11.3. The molecule has 0 aliphatic heterocycles. The van der Waals surface area contributed by atoms with Crippen LogP contribution in [0.15, 0.2) is 62.9 Å². The van der Waals surface area contributed by atoms with E-state index in [-0.39, 0.29) is 11.2 Å². The number of rotatable bonds is 5. The number of methoxy groups -OCH3 is 1. The third-order valence-corrected chi connectivity index (χ3v) is 5.60. The molecule has 0 amide bonds. The SMILES string of the molecule is COc1ccc(-c2csc(-n3[nH]c(C)c(N=Nc4cc(Cl)ccc4C)c3=O)n2)cc1. The molecule has 9 heteroatoms. The van der Waals surface area contributed by atoms with Gasteiger partial charge < -0.3 is 4.74 Å². The number of ether oxygens (including phenoxy) is 1. The van der Waals surface area contributed by atoms with Crippen molar-refractivity contribution >= 4 is 34.3 Å². The molecule has 0 atom stereocenters. The van der Waals surface area contributed by atoms with E-state index < -0.39 is 0 Å². The number of hydrogen-bond acceptors (Lipinski definition) is 6. The Morgan fingerprint density at radius 2 is 1.90 bits per heavy atom. The average molecular weight is 440 g/mol. The van der Waals surface area contributed by atoms with Gasteiger partial charge in [-0.3, -0.25) is 9.89 Å². The molecule has 7 nitrogen and oxygen atoms in total. The van der Waals surface area contributed by atoms with Crippen molar-refractivity contribution in [3.05, 3.63) is 74.5 Å². The lowest BCUT2D eigenvalue weighted by Gasteiger charge is -2.00. The van der Waals surface area contributed by atoms with Gasteiger partial charge in [0, 0.05) is 16.0 Å². The van der Waals surface area contributed by atoms with Gasteiger partial charge in [0.15, 0.2) is 5.69 Å². The van der Waals surface area contributed by atoms with E-state index in [0.717, 1.165) is 22.6 Å². The maximum atomic E-state index is 12.9. The smallest absolute Gasteiger partial charge is 0.301 e. The van der Waals surface area contributed by atoms with Crippen molar-refractivity contribution in [2.45, 2.75) is 13.8 Å². The first-order chi connectivity index (χ1) is 14.5. The number of azo groups is 1. The molecule has 0 saturated heterocycles. The summed E-state index contributed by atoms with van der Waals surface area (Å²) in [6.07, 6.45) is 0. The lowest BCUT2D eigenvalue weighted by molar-refractivity contribution is 0.415. The Labute approximate surface area is 181 Å². The number of aromatic nitrogens is 3.